The van der Waals surface area contributed by atoms with E-state index in [4.69, 9.17) is 17.3 Å². The van der Waals surface area contributed by atoms with Gasteiger partial charge in [0.15, 0.2) is 0 Å². The summed E-state index contributed by atoms with van der Waals surface area (Å²) in [7, 11) is 0. The molecule has 0 aromatic heterocycles. The summed E-state index contributed by atoms with van der Waals surface area (Å²) in [6.07, 6.45) is 2.99. The van der Waals surface area contributed by atoms with Gasteiger partial charge in [0.05, 0.1) is 5.02 Å². The van der Waals surface area contributed by atoms with Crippen LogP contribution in [0, 0.1) is 0 Å². The number of nitrogens with two attached hydrogens (primary N) is 1. The minimum absolute atomic E-state index is 0.0850. The molecule has 0 bridgehead atoms. The second kappa shape index (κ2) is 3.20. The van der Waals surface area contributed by atoms with Crippen molar-refractivity contribution in [2.45, 2.75) is 25.3 Å². The number of hydrogen-bond acceptors (Lipinski definition) is 2. The highest BCUT2D eigenvalue weighted by Gasteiger charge is 2.20. The SMILES string of the molecule is N[C@H]1CCCc2c1ccc(O)c2Cl. The summed E-state index contributed by atoms with van der Waals surface area (Å²) in [5.74, 6) is 0.162. The van der Waals surface area contributed by atoms with Crippen LogP contribution >= 0.6 is 11.6 Å². The second-order valence-electron chi connectivity index (χ2n) is 3.47. The number of rotatable bonds is 0. The highest BCUT2D eigenvalue weighted by Crippen LogP contribution is 2.37. The van der Waals surface area contributed by atoms with Crippen LogP contribution in [0.2, 0.25) is 5.02 Å². The zero-order valence-electron chi connectivity index (χ0n) is 7.26. The lowest BCUT2D eigenvalue weighted by atomic mass is 9.88. The Morgan fingerprint density at radius 2 is 2.23 bits per heavy atom. The molecule has 1 aliphatic carbocycles. The molecule has 0 unspecified atom stereocenters. The molecule has 0 radical (unpaired) electrons. The summed E-state index contributed by atoms with van der Waals surface area (Å²) in [5, 5.41) is 9.87. The molecule has 2 rings (SSSR count). The molecular weight excluding hydrogens is 186 g/mol. The van der Waals surface area contributed by atoms with Crippen molar-refractivity contribution in [2.75, 3.05) is 0 Å². The first-order valence-corrected chi connectivity index (χ1v) is 4.84. The third-order valence-corrected chi connectivity index (χ3v) is 3.02. The number of aromatic hydroxyl groups is 1. The van der Waals surface area contributed by atoms with Crippen molar-refractivity contribution in [2.24, 2.45) is 5.73 Å². The Bertz CT molecular complexity index is 338. The molecule has 0 aliphatic heterocycles. The molecule has 0 heterocycles. The van der Waals surface area contributed by atoms with Gasteiger partial charge in [-0.15, -0.1) is 0 Å². The first kappa shape index (κ1) is 8.85. The van der Waals surface area contributed by atoms with Crippen molar-refractivity contribution in [3.63, 3.8) is 0 Å². The third-order valence-electron chi connectivity index (χ3n) is 2.60. The molecule has 1 atom stereocenters. The van der Waals surface area contributed by atoms with E-state index in [-0.39, 0.29) is 11.8 Å². The van der Waals surface area contributed by atoms with E-state index in [0.29, 0.717) is 5.02 Å². The molecule has 3 heteroatoms. The van der Waals surface area contributed by atoms with E-state index in [1.807, 2.05) is 6.07 Å². The fourth-order valence-electron chi connectivity index (χ4n) is 1.88. The maximum Gasteiger partial charge on any atom is 0.134 e. The minimum atomic E-state index is 0.0850. The van der Waals surface area contributed by atoms with E-state index in [2.05, 4.69) is 0 Å². The lowest BCUT2D eigenvalue weighted by molar-refractivity contribution is 0.472. The van der Waals surface area contributed by atoms with E-state index in [1.165, 1.54) is 0 Å². The number of halogens is 1. The van der Waals surface area contributed by atoms with E-state index >= 15 is 0 Å². The van der Waals surface area contributed by atoms with Gasteiger partial charge in [-0.1, -0.05) is 17.7 Å². The van der Waals surface area contributed by atoms with E-state index < -0.39 is 0 Å². The van der Waals surface area contributed by atoms with Crippen LogP contribution in [-0.2, 0) is 6.42 Å². The lowest BCUT2D eigenvalue weighted by Crippen LogP contribution is -2.17. The predicted octanol–water partition coefficient (Wildman–Crippen LogP) is 2.38. The van der Waals surface area contributed by atoms with Gasteiger partial charge in [-0.2, -0.15) is 0 Å². The van der Waals surface area contributed by atoms with Gasteiger partial charge >= 0.3 is 0 Å². The van der Waals surface area contributed by atoms with Crippen LogP contribution in [0.1, 0.15) is 30.0 Å². The van der Waals surface area contributed by atoms with Crippen LogP contribution in [-0.4, -0.2) is 5.11 Å². The van der Waals surface area contributed by atoms with Crippen LogP contribution in [0.4, 0.5) is 0 Å². The average Bonchev–Trinajstić information content (AvgIpc) is 2.12. The van der Waals surface area contributed by atoms with Crippen LogP contribution in [0.15, 0.2) is 12.1 Å². The highest BCUT2D eigenvalue weighted by atomic mass is 35.5. The fraction of sp³-hybridized carbons (Fsp3) is 0.400. The molecule has 1 aromatic carbocycles. The molecule has 13 heavy (non-hydrogen) atoms. The van der Waals surface area contributed by atoms with Crippen LogP contribution < -0.4 is 5.73 Å². The molecule has 0 saturated carbocycles. The maximum absolute atomic E-state index is 9.39. The van der Waals surface area contributed by atoms with Crippen molar-refractivity contribution in [1.29, 1.82) is 0 Å². The summed E-state index contributed by atoms with van der Waals surface area (Å²) >= 11 is 5.97. The smallest absolute Gasteiger partial charge is 0.134 e. The largest absolute Gasteiger partial charge is 0.506 e. The molecule has 70 valence electrons. The zero-order valence-corrected chi connectivity index (χ0v) is 8.01. The topological polar surface area (TPSA) is 46.2 Å². The average molecular weight is 198 g/mol. The monoisotopic (exact) mass is 197 g/mol. The summed E-state index contributed by atoms with van der Waals surface area (Å²) in [4.78, 5) is 0. The number of phenols is 1. The Kier molecular flexibility index (Phi) is 2.18. The van der Waals surface area contributed by atoms with Crippen molar-refractivity contribution >= 4 is 11.6 Å². The van der Waals surface area contributed by atoms with Gasteiger partial charge < -0.3 is 10.8 Å². The normalized spacial score (nSPS) is 21.2. The molecule has 0 fully saturated rings. The first-order chi connectivity index (χ1) is 6.20. The summed E-state index contributed by atoms with van der Waals surface area (Å²) in [6, 6.07) is 3.58. The van der Waals surface area contributed by atoms with Gasteiger partial charge in [-0.25, -0.2) is 0 Å². The predicted molar refractivity (Wildman–Crippen MR) is 53.0 cm³/mol. The molecular formula is C10H12ClNO. The highest BCUT2D eigenvalue weighted by molar-refractivity contribution is 6.32. The van der Waals surface area contributed by atoms with E-state index in [0.717, 1.165) is 30.4 Å². The van der Waals surface area contributed by atoms with Gasteiger partial charge in [0.2, 0.25) is 0 Å². The third kappa shape index (κ3) is 1.40. The molecule has 1 aromatic rings. The zero-order chi connectivity index (χ0) is 9.42. The van der Waals surface area contributed by atoms with E-state index in [1.54, 1.807) is 6.07 Å². The van der Waals surface area contributed by atoms with Crippen molar-refractivity contribution in [1.82, 2.24) is 0 Å². The molecule has 0 spiro atoms. The Labute approximate surface area is 82.3 Å². The molecule has 1 aliphatic rings. The number of fused-ring (bicyclic) bond motifs is 1. The maximum atomic E-state index is 9.39. The summed E-state index contributed by atoms with van der Waals surface area (Å²) in [6.45, 7) is 0. The Hall–Kier alpha value is -0.730. The summed E-state index contributed by atoms with van der Waals surface area (Å²) in [5.41, 5.74) is 8.04. The van der Waals surface area contributed by atoms with Crippen molar-refractivity contribution in [3.05, 3.63) is 28.3 Å². The molecule has 0 saturated heterocycles. The van der Waals surface area contributed by atoms with E-state index in [9.17, 15) is 5.11 Å². The summed E-state index contributed by atoms with van der Waals surface area (Å²) < 4.78 is 0. The van der Waals surface area contributed by atoms with Crippen LogP contribution in [0.5, 0.6) is 5.75 Å². The van der Waals surface area contributed by atoms with Gasteiger partial charge in [0, 0.05) is 6.04 Å². The Morgan fingerprint density at radius 3 is 3.00 bits per heavy atom. The van der Waals surface area contributed by atoms with Gasteiger partial charge in [-0.3, -0.25) is 0 Å². The molecule has 2 nitrogen and oxygen atoms in total. The van der Waals surface area contributed by atoms with Gasteiger partial charge in [-0.05, 0) is 36.5 Å². The van der Waals surface area contributed by atoms with Gasteiger partial charge in [0.1, 0.15) is 5.75 Å². The van der Waals surface area contributed by atoms with Crippen LogP contribution in [0.25, 0.3) is 0 Å². The second-order valence-corrected chi connectivity index (χ2v) is 3.84. The molecule has 3 N–H and O–H groups in total. The first-order valence-electron chi connectivity index (χ1n) is 4.46. The van der Waals surface area contributed by atoms with Gasteiger partial charge in [0.25, 0.3) is 0 Å². The standard InChI is InChI=1S/C10H12ClNO/c11-10-7-2-1-3-8(12)6(7)4-5-9(10)13/h4-5,8,13H,1-3,12H2/t8-/m0/s1. The molecule has 0 amide bonds. The number of benzene rings is 1. The lowest BCUT2D eigenvalue weighted by Gasteiger charge is -2.23. The minimum Gasteiger partial charge on any atom is -0.506 e. The van der Waals surface area contributed by atoms with Crippen molar-refractivity contribution in [3.8, 4) is 5.75 Å². The number of phenolic OH excluding ortho intramolecular Hbond substituents is 1. The quantitative estimate of drug-likeness (QED) is 0.671. The van der Waals surface area contributed by atoms with Crippen molar-refractivity contribution < 1.29 is 5.11 Å². The Balaban J connectivity index is 2.56. The van der Waals surface area contributed by atoms with Crippen LogP contribution in [0.3, 0.4) is 0 Å². The Morgan fingerprint density at radius 1 is 1.46 bits per heavy atom. The fourth-order valence-corrected chi connectivity index (χ4v) is 2.15. The number of hydrogen-bond donors (Lipinski definition) is 2.